The van der Waals surface area contributed by atoms with Crippen LogP contribution in [-0.4, -0.2) is 14.6 Å². The normalized spacial score (nSPS) is 11.5. The molecule has 3 N–H and O–H groups in total. The molecule has 0 radical (unpaired) electrons. The van der Waals surface area contributed by atoms with E-state index < -0.39 is 0 Å². The van der Waals surface area contributed by atoms with E-state index in [-0.39, 0.29) is 11.4 Å². The molecule has 0 atom stereocenters. The van der Waals surface area contributed by atoms with Crippen LogP contribution < -0.4 is 11.3 Å². The predicted octanol–water partition coefficient (Wildman–Crippen LogP) is 2.64. The number of aromatic amines is 1. The van der Waals surface area contributed by atoms with E-state index in [0.29, 0.717) is 22.7 Å². The van der Waals surface area contributed by atoms with Crippen LogP contribution >= 0.6 is 0 Å². The molecule has 106 valence electrons. The van der Waals surface area contributed by atoms with Crippen LogP contribution in [0.3, 0.4) is 0 Å². The second kappa shape index (κ2) is 4.86. The van der Waals surface area contributed by atoms with Crippen LogP contribution in [0.5, 0.6) is 0 Å². The molecule has 0 saturated heterocycles. The number of aromatic nitrogens is 3. The first kappa shape index (κ1) is 13.0. The average Bonchev–Trinajstić information content (AvgIpc) is 2.75. The second-order valence-corrected chi connectivity index (χ2v) is 4.80. The van der Waals surface area contributed by atoms with E-state index in [1.54, 1.807) is 11.4 Å². The second-order valence-electron chi connectivity index (χ2n) is 4.80. The Hall–Kier alpha value is -2.96. The summed E-state index contributed by atoms with van der Waals surface area (Å²) in [5.74, 6) is 0.218. The minimum atomic E-state index is -0.230. The van der Waals surface area contributed by atoms with E-state index in [0.717, 1.165) is 5.56 Å². The molecule has 0 aliphatic carbocycles. The van der Waals surface area contributed by atoms with Gasteiger partial charge < -0.3 is 10.7 Å². The summed E-state index contributed by atoms with van der Waals surface area (Å²) in [7, 11) is 0. The molecule has 7 heteroatoms. The van der Waals surface area contributed by atoms with Crippen LogP contribution in [0.2, 0.25) is 0 Å². The van der Waals surface area contributed by atoms with Crippen molar-refractivity contribution in [2.24, 2.45) is 10.2 Å². The molecule has 0 amide bonds. The zero-order chi connectivity index (χ0) is 15.0. The molecule has 0 saturated carbocycles. The molecule has 0 aliphatic heterocycles. The van der Waals surface area contributed by atoms with Gasteiger partial charge in [-0.3, -0.25) is 4.79 Å². The molecule has 7 nitrogen and oxygen atoms in total. The van der Waals surface area contributed by atoms with E-state index in [4.69, 9.17) is 5.73 Å². The lowest BCUT2D eigenvalue weighted by Crippen LogP contribution is -2.09. The fourth-order valence-corrected chi connectivity index (χ4v) is 2.02. The van der Waals surface area contributed by atoms with Crippen molar-refractivity contribution in [2.45, 2.75) is 13.8 Å². The third-order valence-corrected chi connectivity index (χ3v) is 3.10. The Morgan fingerprint density at radius 1 is 1.19 bits per heavy atom. The molecular formula is C14H14N6O. The Bertz CT molecular complexity index is 888. The molecular weight excluding hydrogens is 268 g/mol. The highest BCUT2D eigenvalue weighted by molar-refractivity contribution is 5.75. The van der Waals surface area contributed by atoms with Crippen molar-refractivity contribution >= 4 is 22.8 Å². The van der Waals surface area contributed by atoms with Crippen LogP contribution in [0.4, 0.5) is 17.2 Å². The van der Waals surface area contributed by atoms with Crippen molar-refractivity contribution in [2.75, 3.05) is 5.73 Å². The number of benzene rings is 1. The van der Waals surface area contributed by atoms with Gasteiger partial charge in [0.15, 0.2) is 17.2 Å². The number of nitrogens with one attached hydrogen (secondary N) is 1. The lowest BCUT2D eigenvalue weighted by molar-refractivity contribution is 0.891. The molecule has 2 heterocycles. The van der Waals surface area contributed by atoms with Crippen LogP contribution in [0.1, 0.15) is 11.3 Å². The highest BCUT2D eigenvalue weighted by atomic mass is 16.1. The minimum absolute atomic E-state index is 0.218. The van der Waals surface area contributed by atoms with Crippen molar-refractivity contribution in [3.05, 3.63) is 51.9 Å². The summed E-state index contributed by atoms with van der Waals surface area (Å²) in [6.45, 7) is 3.77. The fraction of sp³-hybridized carbons (Fsp3) is 0.143. The number of fused-ring (bicyclic) bond motifs is 1. The summed E-state index contributed by atoms with van der Waals surface area (Å²) in [6, 6.07) is 9.05. The van der Waals surface area contributed by atoms with Gasteiger partial charge in [0, 0.05) is 11.8 Å². The Morgan fingerprint density at radius 2 is 1.90 bits per heavy atom. The number of azo groups is 1. The first-order valence-corrected chi connectivity index (χ1v) is 6.41. The van der Waals surface area contributed by atoms with Crippen LogP contribution in [0.25, 0.3) is 5.65 Å². The van der Waals surface area contributed by atoms with Gasteiger partial charge in [0.2, 0.25) is 0 Å². The van der Waals surface area contributed by atoms with Gasteiger partial charge in [-0.1, -0.05) is 17.7 Å². The number of hydrogen-bond acceptors (Lipinski definition) is 5. The number of aryl methyl sites for hydroxylation is 2. The molecule has 0 spiro atoms. The lowest BCUT2D eigenvalue weighted by atomic mass is 10.2. The van der Waals surface area contributed by atoms with Gasteiger partial charge in [-0.2, -0.15) is 5.11 Å². The Labute approximate surface area is 120 Å². The molecule has 21 heavy (non-hydrogen) atoms. The van der Waals surface area contributed by atoms with Crippen LogP contribution in [0, 0.1) is 13.8 Å². The third kappa shape index (κ3) is 2.40. The van der Waals surface area contributed by atoms with Gasteiger partial charge in [-0.15, -0.1) is 10.2 Å². The summed E-state index contributed by atoms with van der Waals surface area (Å²) >= 11 is 0. The number of nitrogens with two attached hydrogens (primary N) is 1. The van der Waals surface area contributed by atoms with Gasteiger partial charge in [0.25, 0.3) is 5.56 Å². The zero-order valence-electron chi connectivity index (χ0n) is 11.7. The third-order valence-electron chi connectivity index (χ3n) is 3.10. The van der Waals surface area contributed by atoms with Crippen molar-refractivity contribution in [3.8, 4) is 0 Å². The molecule has 3 aromatic rings. The maximum absolute atomic E-state index is 11.6. The standard InChI is InChI=1S/C14H14N6O/c1-8-3-5-10(6-4-8)17-18-12-13(15)19-20-9(2)7-11(21)16-14(12)20/h3-7H,1-2H3,(H2,15,19)(H,16,21). The molecule has 0 fully saturated rings. The van der Waals surface area contributed by atoms with E-state index >= 15 is 0 Å². The summed E-state index contributed by atoms with van der Waals surface area (Å²) in [5.41, 5.74) is 8.94. The topological polar surface area (TPSA) is 101 Å². The SMILES string of the molecule is Cc1ccc(N=Nc2c(N)nn3c(C)cc(=O)[nH]c23)cc1. The Kier molecular flexibility index (Phi) is 3.02. The van der Waals surface area contributed by atoms with Crippen molar-refractivity contribution in [1.29, 1.82) is 0 Å². The fourth-order valence-electron chi connectivity index (χ4n) is 2.02. The largest absolute Gasteiger partial charge is 0.380 e. The predicted molar refractivity (Wildman–Crippen MR) is 80.3 cm³/mol. The van der Waals surface area contributed by atoms with Gasteiger partial charge in [-0.25, -0.2) is 4.52 Å². The number of hydrogen-bond donors (Lipinski definition) is 2. The number of H-pyrrole nitrogens is 1. The Morgan fingerprint density at radius 3 is 2.62 bits per heavy atom. The maximum atomic E-state index is 11.6. The summed E-state index contributed by atoms with van der Waals surface area (Å²) in [6.07, 6.45) is 0. The smallest absolute Gasteiger partial charge is 0.251 e. The van der Waals surface area contributed by atoms with Crippen LogP contribution in [-0.2, 0) is 0 Å². The molecule has 1 aromatic carbocycles. The molecule has 3 rings (SSSR count). The van der Waals surface area contributed by atoms with Gasteiger partial charge in [0.05, 0.1) is 5.69 Å². The number of rotatable bonds is 2. The highest BCUT2D eigenvalue weighted by Gasteiger charge is 2.12. The Balaban J connectivity index is 2.10. The monoisotopic (exact) mass is 282 g/mol. The zero-order valence-corrected chi connectivity index (χ0v) is 11.7. The van der Waals surface area contributed by atoms with E-state index in [1.165, 1.54) is 6.07 Å². The van der Waals surface area contributed by atoms with Gasteiger partial charge in [0.1, 0.15) is 0 Å². The van der Waals surface area contributed by atoms with E-state index in [1.807, 2.05) is 31.2 Å². The van der Waals surface area contributed by atoms with Gasteiger partial charge >= 0.3 is 0 Å². The van der Waals surface area contributed by atoms with Crippen molar-refractivity contribution < 1.29 is 0 Å². The molecule has 0 unspecified atom stereocenters. The first-order chi connectivity index (χ1) is 10.0. The molecule has 2 aromatic heterocycles. The summed E-state index contributed by atoms with van der Waals surface area (Å²) < 4.78 is 1.54. The quantitative estimate of drug-likeness (QED) is 0.706. The number of anilines is 1. The highest BCUT2D eigenvalue weighted by Crippen LogP contribution is 2.28. The number of nitrogens with zero attached hydrogens (tertiary/aromatic N) is 4. The minimum Gasteiger partial charge on any atom is -0.380 e. The van der Waals surface area contributed by atoms with E-state index in [9.17, 15) is 4.79 Å². The molecule has 0 bridgehead atoms. The van der Waals surface area contributed by atoms with Gasteiger partial charge in [-0.05, 0) is 26.0 Å². The van der Waals surface area contributed by atoms with Crippen LogP contribution in [0.15, 0.2) is 45.4 Å². The van der Waals surface area contributed by atoms with E-state index in [2.05, 4.69) is 20.3 Å². The van der Waals surface area contributed by atoms with Crippen molar-refractivity contribution in [1.82, 2.24) is 14.6 Å². The molecule has 0 aliphatic rings. The first-order valence-electron chi connectivity index (χ1n) is 6.41. The average molecular weight is 282 g/mol. The maximum Gasteiger partial charge on any atom is 0.251 e. The van der Waals surface area contributed by atoms with Crippen molar-refractivity contribution in [3.63, 3.8) is 0 Å². The lowest BCUT2D eigenvalue weighted by Gasteiger charge is -1.97. The summed E-state index contributed by atoms with van der Waals surface area (Å²) in [5, 5.41) is 12.4. The number of nitrogen functional groups attached to an aromatic ring is 1. The summed E-state index contributed by atoms with van der Waals surface area (Å²) in [4.78, 5) is 14.2.